The minimum Gasteiger partial charge on any atom is -0.302 e. The molecule has 0 saturated carbocycles. The Labute approximate surface area is 143 Å². The normalized spacial score (nSPS) is 18.5. The fraction of sp³-hybridized carbons (Fsp3) is 0.333. The van der Waals surface area contributed by atoms with Gasteiger partial charge in [-0.15, -0.1) is 0 Å². The molecule has 1 aliphatic rings. The highest BCUT2D eigenvalue weighted by Crippen LogP contribution is 2.44. The highest BCUT2D eigenvalue weighted by molar-refractivity contribution is 5.92. The van der Waals surface area contributed by atoms with Crippen molar-refractivity contribution in [1.82, 2.24) is 4.90 Å². The molecule has 124 valence electrons. The quantitative estimate of drug-likeness (QED) is 0.767. The van der Waals surface area contributed by atoms with Gasteiger partial charge in [-0.1, -0.05) is 60.7 Å². The molecular formula is C21H23NO2. The summed E-state index contributed by atoms with van der Waals surface area (Å²) in [4.78, 5) is 26.1. The van der Waals surface area contributed by atoms with Gasteiger partial charge in [0.2, 0.25) is 0 Å². The third-order valence-electron chi connectivity index (χ3n) is 5.23. The summed E-state index contributed by atoms with van der Waals surface area (Å²) in [5.74, 6) is 0.331. The molecule has 1 aliphatic heterocycles. The van der Waals surface area contributed by atoms with Crippen LogP contribution in [0.15, 0.2) is 60.7 Å². The van der Waals surface area contributed by atoms with Crippen LogP contribution in [0.1, 0.15) is 24.5 Å². The largest absolute Gasteiger partial charge is 0.302 e. The van der Waals surface area contributed by atoms with Gasteiger partial charge in [0.05, 0.1) is 12.0 Å². The van der Waals surface area contributed by atoms with Gasteiger partial charge in [-0.05, 0) is 36.9 Å². The van der Waals surface area contributed by atoms with Crippen molar-refractivity contribution >= 4 is 12.1 Å². The molecule has 3 nitrogen and oxygen atoms in total. The predicted molar refractivity (Wildman–Crippen MR) is 95.0 cm³/mol. The number of Topliss-reactive ketones (excluding diaryl/α,β-unsaturated/α-hetero) is 1. The average Bonchev–Trinajstić information content (AvgIpc) is 3.06. The van der Waals surface area contributed by atoms with E-state index in [1.165, 1.54) is 0 Å². The van der Waals surface area contributed by atoms with E-state index >= 15 is 0 Å². The van der Waals surface area contributed by atoms with E-state index in [1.54, 1.807) is 6.92 Å². The standard InChI is InChI=1S/C21H23NO2/c1-17(24)21(18-8-4-2-5-9-18,19-10-6-3-7-11-19)20-12-13-22(16-20)14-15-23/h2-11,15,20H,12-14,16H2,1H3. The van der Waals surface area contributed by atoms with Gasteiger partial charge in [0.1, 0.15) is 12.1 Å². The zero-order chi connectivity index (χ0) is 17.0. The van der Waals surface area contributed by atoms with Crippen LogP contribution in [0.3, 0.4) is 0 Å². The Kier molecular flexibility index (Phi) is 4.91. The number of hydrogen-bond acceptors (Lipinski definition) is 3. The molecule has 0 aromatic heterocycles. The fourth-order valence-electron chi connectivity index (χ4n) is 4.19. The summed E-state index contributed by atoms with van der Waals surface area (Å²) >= 11 is 0. The van der Waals surface area contributed by atoms with E-state index in [0.717, 1.165) is 36.9 Å². The van der Waals surface area contributed by atoms with Crippen LogP contribution in [0.2, 0.25) is 0 Å². The molecule has 3 heteroatoms. The first-order valence-electron chi connectivity index (χ1n) is 8.47. The molecular weight excluding hydrogens is 298 g/mol. The lowest BCUT2D eigenvalue weighted by molar-refractivity contribution is -0.122. The number of carbonyl (C=O) groups excluding carboxylic acids is 2. The zero-order valence-corrected chi connectivity index (χ0v) is 14.0. The maximum atomic E-state index is 13.0. The second kappa shape index (κ2) is 7.10. The Bertz CT molecular complexity index is 657. The lowest BCUT2D eigenvalue weighted by atomic mass is 9.63. The maximum Gasteiger partial charge on any atom is 0.145 e. The van der Waals surface area contributed by atoms with Gasteiger partial charge in [0.25, 0.3) is 0 Å². The summed E-state index contributed by atoms with van der Waals surface area (Å²) in [6.45, 7) is 3.76. The van der Waals surface area contributed by atoms with Crippen LogP contribution >= 0.6 is 0 Å². The lowest BCUT2D eigenvalue weighted by Gasteiger charge is -2.38. The Hall–Kier alpha value is -2.26. The molecule has 3 rings (SSSR count). The number of likely N-dealkylation sites (tertiary alicyclic amines) is 1. The van der Waals surface area contributed by atoms with Crippen molar-refractivity contribution < 1.29 is 9.59 Å². The van der Waals surface area contributed by atoms with Crippen LogP contribution in [0.5, 0.6) is 0 Å². The molecule has 1 unspecified atom stereocenters. The molecule has 0 spiro atoms. The van der Waals surface area contributed by atoms with Gasteiger partial charge in [-0.25, -0.2) is 0 Å². The van der Waals surface area contributed by atoms with Gasteiger partial charge >= 0.3 is 0 Å². The number of ketones is 1. The van der Waals surface area contributed by atoms with Crippen LogP contribution in [0, 0.1) is 5.92 Å². The van der Waals surface area contributed by atoms with Crippen LogP contribution in [-0.2, 0) is 15.0 Å². The molecule has 1 atom stereocenters. The monoisotopic (exact) mass is 321 g/mol. The molecule has 0 radical (unpaired) electrons. The van der Waals surface area contributed by atoms with Gasteiger partial charge in [0, 0.05) is 6.54 Å². The van der Waals surface area contributed by atoms with E-state index in [1.807, 2.05) is 36.4 Å². The molecule has 0 bridgehead atoms. The minimum atomic E-state index is -0.653. The van der Waals surface area contributed by atoms with E-state index in [-0.39, 0.29) is 11.7 Å². The summed E-state index contributed by atoms with van der Waals surface area (Å²) in [6.07, 6.45) is 1.86. The summed E-state index contributed by atoms with van der Waals surface area (Å²) in [5, 5.41) is 0. The maximum absolute atomic E-state index is 13.0. The smallest absolute Gasteiger partial charge is 0.145 e. The fourth-order valence-corrected chi connectivity index (χ4v) is 4.19. The van der Waals surface area contributed by atoms with Crippen LogP contribution in [-0.4, -0.2) is 36.6 Å². The summed E-state index contributed by atoms with van der Waals surface area (Å²) < 4.78 is 0. The Morgan fingerprint density at radius 1 is 1.08 bits per heavy atom. The molecule has 0 amide bonds. The zero-order valence-electron chi connectivity index (χ0n) is 14.0. The van der Waals surface area contributed by atoms with Crippen molar-refractivity contribution in [3.63, 3.8) is 0 Å². The van der Waals surface area contributed by atoms with Gasteiger partial charge in [0.15, 0.2) is 0 Å². The van der Waals surface area contributed by atoms with Gasteiger partial charge < -0.3 is 4.79 Å². The summed E-state index contributed by atoms with van der Waals surface area (Å²) in [7, 11) is 0. The minimum absolute atomic E-state index is 0.165. The summed E-state index contributed by atoms with van der Waals surface area (Å²) in [6, 6.07) is 20.1. The number of carbonyl (C=O) groups is 2. The average molecular weight is 321 g/mol. The second-order valence-corrected chi connectivity index (χ2v) is 6.51. The van der Waals surface area contributed by atoms with Gasteiger partial charge in [-0.3, -0.25) is 9.69 Å². The predicted octanol–water partition coefficient (Wildman–Crippen LogP) is 3.08. The number of aldehydes is 1. The Morgan fingerprint density at radius 2 is 1.62 bits per heavy atom. The number of benzene rings is 2. The van der Waals surface area contributed by atoms with Crippen LogP contribution in [0.4, 0.5) is 0 Å². The lowest BCUT2D eigenvalue weighted by Crippen LogP contribution is -2.44. The van der Waals surface area contributed by atoms with Gasteiger partial charge in [-0.2, -0.15) is 0 Å². The van der Waals surface area contributed by atoms with Crippen LogP contribution < -0.4 is 0 Å². The number of nitrogens with zero attached hydrogens (tertiary/aromatic N) is 1. The Morgan fingerprint density at radius 3 is 2.08 bits per heavy atom. The van der Waals surface area contributed by atoms with Crippen molar-refractivity contribution in [3.05, 3.63) is 71.8 Å². The molecule has 2 aromatic rings. The molecule has 1 heterocycles. The summed E-state index contributed by atoms with van der Waals surface area (Å²) in [5.41, 5.74) is 1.43. The first-order chi connectivity index (χ1) is 11.7. The molecule has 1 saturated heterocycles. The first kappa shape index (κ1) is 16.6. The van der Waals surface area contributed by atoms with Crippen molar-refractivity contribution in [1.29, 1.82) is 0 Å². The van der Waals surface area contributed by atoms with Crippen molar-refractivity contribution in [3.8, 4) is 0 Å². The molecule has 2 aromatic carbocycles. The van der Waals surface area contributed by atoms with E-state index < -0.39 is 5.41 Å². The van der Waals surface area contributed by atoms with E-state index in [0.29, 0.717) is 6.54 Å². The van der Waals surface area contributed by atoms with E-state index in [2.05, 4.69) is 29.2 Å². The van der Waals surface area contributed by atoms with Crippen molar-refractivity contribution in [2.24, 2.45) is 5.92 Å². The first-order valence-corrected chi connectivity index (χ1v) is 8.47. The van der Waals surface area contributed by atoms with Crippen LogP contribution in [0.25, 0.3) is 0 Å². The Balaban J connectivity index is 2.13. The third kappa shape index (κ3) is 2.80. The number of hydrogen-bond donors (Lipinski definition) is 0. The van der Waals surface area contributed by atoms with Crippen molar-refractivity contribution in [2.75, 3.05) is 19.6 Å². The number of rotatable bonds is 6. The molecule has 1 fully saturated rings. The highest BCUT2D eigenvalue weighted by Gasteiger charge is 2.48. The van der Waals surface area contributed by atoms with Crippen molar-refractivity contribution in [2.45, 2.75) is 18.8 Å². The molecule has 0 N–H and O–H groups in total. The molecule has 0 aliphatic carbocycles. The van der Waals surface area contributed by atoms with E-state index in [4.69, 9.17) is 0 Å². The van der Waals surface area contributed by atoms with E-state index in [9.17, 15) is 9.59 Å². The highest BCUT2D eigenvalue weighted by atomic mass is 16.1. The molecule has 24 heavy (non-hydrogen) atoms. The second-order valence-electron chi connectivity index (χ2n) is 6.51. The third-order valence-corrected chi connectivity index (χ3v) is 5.23. The topological polar surface area (TPSA) is 37.4 Å². The SMILES string of the molecule is CC(=O)C(c1ccccc1)(c1ccccc1)C1CCN(CC=O)C1.